The highest BCUT2D eigenvalue weighted by atomic mass is 35.5. The summed E-state index contributed by atoms with van der Waals surface area (Å²) in [7, 11) is 2.37. The van der Waals surface area contributed by atoms with Crippen molar-refractivity contribution in [2.24, 2.45) is 0 Å². The van der Waals surface area contributed by atoms with E-state index in [0.717, 1.165) is 35.4 Å². The normalized spacial score (nSPS) is 23.7. The van der Waals surface area contributed by atoms with Gasteiger partial charge in [0.15, 0.2) is 0 Å². The molecule has 130 valence electrons. The zero-order valence-corrected chi connectivity index (χ0v) is 15.8. The third kappa shape index (κ3) is 3.38. The van der Waals surface area contributed by atoms with Crippen molar-refractivity contribution in [1.82, 2.24) is 4.48 Å². The van der Waals surface area contributed by atoms with Gasteiger partial charge in [0.25, 0.3) is 0 Å². The highest BCUT2D eigenvalue weighted by Crippen LogP contribution is 2.31. The Balaban J connectivity index is 0.00000208. The maximum atomic E-state index is 5.96. The molecule has 0 bridgehead atoms. The Morgan fingerprint density at radius 2 is 1.88 bits per heavy atom. The minimum Gasteiger partial charge on any atom is -1.00 e. The molecule has 1 saturated heterocycles. The van der Waals surface area contributed by atoms with Gasteiger partial charge < -0.3 is 23.0 Å². The minimum absolute atomic E-state index is 0. The van der Waals surface area contributed by atoms with Gasteiger partial charge in [0.2, 0.25) is 0 Å². The van der Waals surface area contributed by atoms with Crippen molar-refractivity contribution in [1.29, 1.82) is 0 Å². The van der Waals surface area contributed by atoms with Crippen LogP contribution in [-0.2, 0) is 0 Å². The van der Waals surface area contributed by atoms with Gasteiger partial charge in [0.05, 0.1) is 20.1 Å². The molecule has 2 aromatic rings. The van der Waals surface area contributed by atoms with E-state index in [9.17, 15) is 0 Å². The third-order valence-electron chi connectivity index (χ3n) is 5.50. The van der Waals surface area contributed by atoms with E-state index >= 15 is 0 Å². The fourth-order valence-electron chi connectivity index (χ4n) is 3.56. The van der Waals surface area contributed by atoms with Crippen molar-refractivity contribution in [2.75, 3.05) is 37.3 Å². The van der Waals surface area contributed by atoms with Gasteiger partial charge in [-0.2, -0.15) is 0 Å². The number of nitrogens with two attached hydrogens (primary N) is 1. The lowest BCUT2D eigenvalue weighted by Crippen LogP contribution is -3.00. The van der Waals surface area contributed by atoms with Crippen LogP contribution in [0, 0.1) is 13.8 Å². The van der Waals surface area contributed by atoms with E-state index in [1.165, 1.54) is 16.9 Å². The number of aryl methyl sites for hydroxylation is 2. The molecule has 0 spiro atoms. The molecule has 2 atom stereocenters. The highest BCUT2D eigenvalue weighted by molar-refractivity contribution is 5.59. The third-order valence-corrected chi connectivity index (χ3v) is 5.50. The topological polar surface area (TPSA) is 29.3 Å². The summed E-state index contributed by atoms with van der Waals surface area (Å²) in [6, 6.07) is 15.9. The second-order valence-corrected chi connectivity index (χ2v) is 7.17. The zero-order chi connectivity index (χ0) is 16.6. The van der Waals surface area contributed by atoms with Gasteiger partial charge in [0.1, 0.15) is 18.3 Å². The van der Waals surface area contributed by atoms with Gasteiger partial charge in [-0.15, -0.1) is 0 Å². The molecule has 0 aliphatic carbocycles. The summed E-state index contributed by atoms with van der Waals surface area (Å²) >= 11 is 0. The first-order valence-corrected chi connectivity index (χ1v) is 8.43. The largest absolute Gasteiger partial charge is 1.00 e. The van der Waals surface area contributed by atoms with E-state index < -0.39 is 0 Å². The second-order valence-electron chi connectivity index (χ2n) is 7.17. The molecule has 2 unspecified atom stereocenters. The Morgan fingerprint density at radius 1 is 1.12 bits per heavy atom. The second kappa shape index (κ2) is 7.04. The molecule has 1 heterocycles. The highest BCUT2D eigenvalue weighted by Gasteiger charge is 2.37. The number of hydrogen-bond acceptors (Lipinski definition) is 2. The summed E-state index contributed by atoms with van der Waals surface area (Å²) in [5.74, 6) is 0. The summed E-state index contributed by atoms with van der Waals surface area (Å²) in [5, 5.41) is 0. The molecule has 1 aliphatic heterocycles. The van der Waals surface area contributed by atoms with E-state index in [4.69, 9.17) is 5.73 Å². The molecule has 1 aliphatic rings. The number of nitrogens with zero attached hydrogens (tertiary/aromatic N) is 2. The average Bonchev–Trinajstić information content (AvgIpc) is 2.53. The van der Waals surface area contributed by atoms with Gasteiger partial charge in [0, 0.05) is 17.4 Å². The minimum atomic E-state index is 0. The number of quaternary nitrogens is 1. The Labute approximate surface area is 152 Å². The van der Waals surface area contributed by atoms with Crippen LogP contribution in [0.3, 0.4) is 0 Å². The number of piperazine rings is 1. The van der Waals surface area contributed by atoms with E-state index in [1.807, 2.05) is 6.07 Å². The van der Waals surface area contributed by atoms with Crippen LogP contribution in [0.4, 0.5) is 17.1 Å². The lowest BCUT2D eigenvalue weighted by atomic mass is 10.1. The summed E-state index contributed by atoms with van der Waals surface area (Å²) in [5.41, 5.74) is 12.0. The van der Waals surface area contributed by atoms with Crippen molar-refractivity contribution >= 4 is 17.1 Å². The molecule has 0 radical (unpaired) electrons. The van der Waals surface area contributed by atoms with E-state index in [0.29, 0.717) is 6.04 Å². The predicted octanol–water partition coefficient (Wildman–Crippen LogP) is 0.735. The molecule has 0 saturated carbocycles. The predicted molar refractivity (Wildman–Crippen MR) is 101 cm³/mol. The Kier molecular flexibility index (Phi) is 5.46. The fourth-order valence-corrected chi connectivity index (χ4v) is 3.56. The first-order valence-electron chi connectivity index (χ1n) is 8.43. The van der Waals surface area contributed by atoms with Crippen LogP contribution in [-0.4, -0.2) is 32.7 Å². The number of likely N-dealkylation sites (N-methyl/N-ethyl adjacent to an activating group) is 1. The van der Waals surface area contributed by atoms with Crippen LogP contribution in [0.2, 0.25) is 0 Å². The zero-order valence-electron chi connectivity index (χ0n) is 15.1. The van der Waals surface area contributed by atoms with Gasteiger partial charge in [-0.1, -0.05) is 12.1 Å². The fraction of sp³-hybridized carbons (Fsp3) is 0.400. The summed E-state index contributed by atoms with van der Waals surface area (Å²) in [6.45, 7) is 9.87. The number of nitrogen functional groups attached to an aromatic ring is 1. The van der Waals surface area contributed by atoms with Gasteiger partial charge in [-0.25, -0.2) is 0 Å². The standard InChI is InChI=1S/C20H28N3.ClH/c1-15-6-5-7-19(12-15)23(4)11-10-22(14-17(23)3)18-8-9-20(21)16(2)13-18;/h5-9,12-13,17H,10-11,14,21H2,1-4H3;1H/q+1;/p-1. The summed E-state index contributed by atoms with van der Waals surface area (Å²) in [4.78, 5) is 2.49. The maximum absolute atomic E-state index is 5.96. The molecule has 3 rings (SSSR count). The molecular formula is C20H28ClN3. The molecular weight excluding hydrogens is 318 g/mol. The Bertz CT molecular complexity index is 716. The Hall–Kier alpha value is -1.71. The lowest BCUT2D eigenvalue weighted by molar-refractivity contribution is -0.00000490. The van der Waals surface area contributed by atoms with Crippen molar-refractivity contribution < 1.29 is 12.4 Å². The Morgan fingerprint density at radius 3 is 2.50 bits per heavy atom. The molecule has 0 aromatic heterocycles. The molecule has 0 amide bonds. The smallest absolute Gasteiger partial charge is 0.133 e. The van der Waals surface area contributed by atoms with Gasteiger partial charge in [-0.05, 0) is 56.2 Å². The van der Waals surface area contributed by atoms with Gasteiger partial charge >= 0.3 is 0 Å². The summed E-state index contributed by atoms with van der Waals surface area (Å²) in [6.07, 6.45) is 0. The first-order chi connectivity index (χ1) is 10.9. The van der Waals surface area contributed by atoms with Gasteiger partial charge in [-0.3, -0.25) is 4.48 Å². The molecule has 3 nitrogen and oxygen atoms in total. The number of benzene rings is 2. The van der Waals surface area contributed by atoms with Crippen molar-refractivity contribution in [3.8, 4) is 0 Å². The molecule has 2 N–H and O–H groups in total. The van der Waals surface area contributed by atoms with Crippen LogP contribution in [0.15, 0.2) is 42.5 Å². The monoisotopic (exact) mass is 345 g/mol. The van der Waals surface area contributed by atoms with Crippen molar-refractivity contribution in [3.05, 3.63) is 53.6 Å². The molecule has 2 aromatic carbocycles. The lowest BCUT2D eigenvalue weighted by Gasteiger charge is -2.47. The molecule has 1 fully saturated rings. The molecule has 4 heteroatoms. The van der Waals surface area contributed by atoms with Crippen molar-refractivity contribution in [3.63, 3.8) is 0 Å². The SMILES string of the molecule is Cc1cccc([N+]2(C)CCN(c3ccc(N)c(C)c3)CC2C)c1.[Cl-]. The number of rotatable bonds is 2. The number of anilines is 2. The quantitative estimate of drug-likeness (QED) is 0.642. The van der Waals surface area contributed by atoms with Crippen LogP contribution < -0.4 is 27.5 Å². The van der Waals surface area contributed by atoms with Crippen LogP contribution >= 0.6 is 0 Å². The number of halogens is 1. The average molecular weight is 346 g/mol. The van der Waals surface area contributed by atoms with Crippen LogP contribution in [0.5, 0.6) is 0 Å². The summed E-state index contributed by atoms with van der Waals surface area (Å²) < 4.78 is 1.01. The van der Waals surface area contributed by atoms with E-state index in [1.54, 1.807) is 0 Å². The maximum Gasteiger partial charge on any atom is 0.133 e. The van der Waals surface area contributed by atoms with Crippen LogP contribution in [0.25, 0.3) is 0 Å². The van der Waals surface area contributed by atoms with Crippen molar-refractivity contribution in [2.45, 2.75) is 26.8 Å². The van der Waals surface area contributed by atoms with E-state index in [-0.39, 0.29) is 12.4 Å². The first kappa shape index (κ1) is 18.6. The van der Waals surface area contributed by atoms with Crippen LogP contribution in [0.1, 0.15) is 18.1 Å². The molecule has 24 heavy (non-hydrogen) atoms. The number of hydrogen-bond donors (Lipinski definition) is 1. The van der Waals surface area contributed by atoms with E-state index in [2.05, 4.69) is 69.1 Å².